The van der Waals surface area contributed by atoms with Crippen LogP contribution in [0.4, 0.5) is 5.69 Å². The fraction of sp³-hybridized carbons (Fsp3) is 0.333. The summed E-state index contributed by atoms with van der Waals surface area (Å²) in [7, 11) is 1.95. The molecule has 0 saturated carbocycles. The molecule has 0 radical (unpaired) electrons. The van der Waals surface area contributed by atoms with Crippen molar-refractivity contribution in [2.24, 2.45) is 0 Å². The lowest BCUT2D eigenvalue weighted by molar-refractivity contribution is 0.444. The summed E-state index contributed by atoms with van der Waals surface area (Å²) in [5.74, 6) is 0. The molecule has 0 fully saturated rings. The van der Waals surface area contributed by atoms with E-state index in [1.54, 1.807) is 0 Å². The number of nitrogens with zero attached hydrogens (tertiary/aromatic N) is 1. The van der Waals surface area contributed by atoms with Crippen molar-refractivity contribution >= 4 is 29.6 Å². The van der Waals surface area contributed by atoms with Crippen molar-refractivity contribution in [3.8, 4) is 0 Å². The number of benzene rings is 1. The van der Waals surface area contributed by atoms with Gasteiger partial charge in [-0.1, -0.05) is 38.3 Å². The Bertz CT molecular complexity index is 709. The van der Waals surface area contributed by atoms with E-state index in [1.165, 1.54) is 10.8 Å². The first-order valence-corrected chi connectivity index (χ1v) is 7.25. The first-order valence-electron chi connectivity index (χ1n) is 7.25. The van der Waals surface area contributed by atoms with E-state index in [4.69, 9.17) is 0 Å². The fourth-order valence-electron chi connectivity index (χ4n) is 2.99. The minimum Gasteiger partial charge on any atom is -0.388 e. The number of nitrogens with one attached hydrogen (secondary N) is 1. The predicted molar refractivity (Wildman–Crippen MR) is 90.5 cm³/mol. The second kappa shape index (κ2) is 6.00. The summed E-state index contributed by atoms with van der Waals surface area (Å²) < 4.78 is 2.30. The van der Waals surface area contributed by atoms with E-state index in [-0.39, 0.29) is 0 Å². The van der Waals surface area contributed by atoms with Crippen LogP contribution in [-0.2, 0) is 0 Å². The van der Waals surface area contributed by atoms with Gasteiger partial charge in [0.05, 0.1) is 0 Å². The second-order valence-corrected chi connectivity index (χ2v) is 5.17. The summed E-state index contributed by atoms with van der Waals surface area (Å²) in [6, 6.07) is 6.72. The first-order chi connectivity index (χ1) is 9.65. The highest BCUT2D eigenvalue weighted by Crippen LogP contribution is 2.21. The van der Waals surface area contributed by atoms with Crippen molar-refractivity contribution in [2.45, 2.75) is 32.2 Å². The van der Waals surface area contributed by atoms with Gasteiger partial charge in [-0.2, -0.15) is 0 Å². The van der Waals surface area contributed by atoms with Crippen LogP contribution >= 0.6 is 0 Å². The maximum atomic E-state index is 4.31. The van der Waals surface area contributed by atoms with Crippen molar-refractivity contribution < 1.29 is 0 Å². The lowest BCUT2D eigenvalue weighted by Gasteiger charge is -2.17. The Kier molecular flexibility index (Phi) is 4.33. The summed E-state index contributed by atoms with van der Waals surface area (Å²) in [6.45, 7) is 14.6. The van der Waals surface area contributed by atoms with Gasteiger partial charge in [-0.3, -0.25) is 0 Å². The molecule has 0 aliphatic heterocycles. The molecule has 1 atom stereocenters. The highest BCUT2D eigenvalue weighted by atomic mass is 15.0. The van der Waals surface area contributed by atoms with E-state index < -0.39 is 0 Å². The molecule has 1 aromatic carbocycles. The molecule has 2 heteroatoms. The van der Waals surface area contributed by atoms with Crippen LogP contribution in [0.1, 0.15) is 32.2 Å². The average Bonchev–Trinajstić information content (AvgIpc) is 2.73. The van der Waals surface area contributed by atoms with Crippen molar-refractivity contribution in [1.29, 1.82) is 0 Å². The number of hydrogen-bond acceptors (Lipinski definition) is 1. The van der Waals surface area contributed by atoms with Gasteiger partial charge >= 0.3 is 0 Å². The van der Waals surface area contributed by atoms with Crippen LogP contribution in [0, 0.1) is 0 Å². The van der Waals surface area contributed by atoms with Crippen LogP contribution in [0.2, 0.25) is 0 Å². The van der Waals surface area contributed by atoms with Gasteiger partial charge < -0.3 is 9.88 Å². The molecule has 1 aromatic heterocycles. The number of allylic oxidation sites excluding steroid dienone is 1. The smallest absolute Gasteiger partial charge is 0.0441 e. The Labute approximate surface area is 121 Å². The topological polar surface area (TPSA) is 17.0 Å². The highest BCUT2D eigenvalue weighted by Gasteiger charge is 2.14. The summed E-state index contributed by atoms with van der Waals surface area (Å²) in [5.41, 5.74) is 1.12. The Hall–Kier alpha value is -1.96. The van der Waals surface area contributed by atoms with Crippen molar-refractivity contribution in [2.75, 3.05) is 12.4 Å². The lowest BCUT2D eigenvalue weighted by Crippen LogP contribution is -2.29. The maximum Gasteiger partial charge on any atom is 0.0441 e. The third-order valence-electron chi connectivity index (χ3n) is 4.06. The molecule has 0 amide bonds. The molecule has 1 unspecified atom stereocenters. The van der Waals surface area contributed by atoms with E-state index >= 15 is 0 Å². The standard InChI is InChI=1S/C18H24N2/c1-6-8-10-15(7-2)20-13(3)16-11-9-12-17(19-5)18(16)14(20)4/h6,9,11-12,15,19H,1,3-4,7-8,10H2,2,5H3. The zero-order valence-corrected chi connectivity index (χ0v) is 12.6. The van der Waals surface area contributed by atoms with E-state index in [1.807, 2.05) is 13.1 Å². The second-order valence-electron chi connectivity index (χ2n) is 5.17. The number of rotatable bonds is 6. The monoisotopic (exact) mass is 268 g/mol. The molecule has 2 aromatic rings. The van der Waals surface area contributed by atoms with E-state index in [2.05, 4.69) is 54.7 Å². The number of anilines is 1. The molecule has 0 aliphatic rings. The fourth-order valence-corrected chi connectivity index (χ4v) is 2.99. The molecule has 0 saturated heterocycles. The Morgan fingerprint density at radius 3 is 2.65 bits per heavy atom. The Morgan fingerprint density at radius 2 is 2.05 bits per heavy atom. The number of fused-ring (bicyclic) bond motifs is 1. The van der Waals surface area contributed by atoms with Crippen molar-refractivity contribution in [3.05, 3.63) is 41.6 Å². The molecule has 0 aliphatic carbocycles. The summed E-state index contributed by atoms with van der Waals surface area (Å²) in [6.07, 6.45) is 5.16. The van der Waals surface area contributed by atoms with Gasteiger partial charge in [-0.05, 0) is 25.3 Å². The van der Waals surface area contributed by atoms with E-state index in [0.29, 0.717) is 6.04 Å². The molecule has 0 bridgehead atoms. The quantitative estimate of drug-likeness (QED) is 0.794. The van der Waals surface area contributed by atoms with Crippen LogP contribution in [0.25, 0.3) is 23.9 Å². The summed E-state index contributed by atoms with van der Waals surface area (Å²) >= 11 is 0. The van der Waals surface area contributed by atoms with Crippen LogP contribution in [0.3, 0.4) is 0 Å². The largest absolute Gasteiger partial charge is 0.388 e. The maximum absolute atomic E-state index is 4.31. The first kappa shape index (κ1) is 14.4. The summed E-state index contributed by atoms with van der Waals surface area (Å²) in [4.78, 5) is 0. The highest BCUT2D eigenvalue weighted by molar-refractivity contribution is 5.94. The Morgan fingerprint density at radius 1 is 1.30 bits per heavy atom. The van der Waals surface area contributed by atoms with E-state index in [9.17, 15) is 0 Å². The van der Waals surface area contributed by atoms with Crippen LogP contribution < -0.4 is 16.0 Å². The molecule has 2 nitrogen and oxygen atoms in total. The molecule has 0 spiro atoms. The molecular weight excluding hydrogens is 244 g/mol. The third kappa shape index (κ3) is 2.26. The van der Waals surface area contributed by atoms with Gasteiger partial charge in [0.15, 0.2) is 0 Å². The molecule has 2 rings (SSSR count). The van der Waals surface area contributed by atoms with Gasteiger partial charge in [0, 0.05) is 40.2 Å². The van der Waals surface area contributed by atoms with Crippen LogP contribution in [0.15, 0.2) is 30.9 Å². The summed E-state index contributed by atoms with van der Waals surface area (Å²) in [5, 5.41) is 7.77. The SMILES string of the molecule is C=CCCC(CC)n1c(=C)c2cccc(NC)c2c1=C. The molecule has 106 valence electrons. The van der Waals surface area contributed by atoms with Crippen LogP contribution in [-0.4, -0.2) is 11.6 Å². The minimum absolute atomic E-state index is 0.435. The van der Waals surface area contributed by atoms with Crippen molar-refractivity contribution in [3.63, 3.8) is 0 Å². The third-order valence-corrected chi connectivity index (χ3v) is 4.06. The van der Waals surface area contributed by atoms with Gasteiger partial charge in [-0.15, -0.1) is 6.58 Å². The van der Waals surface area contributed by atoms with Gasteiger partial charge in [0.2, 0.25) is 0 Å². The van der Waals surface area contributed by atoms with Crippen molar-refractivity contribution in [1.82, 2.24) is 4.57 Å². The van der Waals surface area contributed by atoms with Gasteiger partial charge in [0.1, 0.15) is 0 Å². The number of aromatic nitrogens is 1. The lowest BCUT2D eigenvalue weighted by atomic mass is 10.1. The predicted octanol–water partition coefficient (Wildman–Crippen LogP) is 3.42. The minimum atomic E-state index is 0.435. The molecular formula is C18H24N2. The molecule has 20 heavy (non-hydrogen) atoms. The van der Waals surface area contributed by atoms with Gasteiger partial charge in [0.25, 0.3) is 0 Å². The average molecular weight is 268 g/mol. The molecule has 1 heterocycles. The Balaban J connectivity index is 2.68. The zero-order chi connectivity index (χ0) is 14.7. The van der Waals surface area contributed by atoms with Gasteiger partial charge in [-0.25, -0.2) is 0 Å². The normalized spacial score (nSPS) is 12.5. The van der Waals surface area contributed by atoms with E-state index in [0.717, 1.165) is 35.6 Å². The van der Waals surface area contributed by atoms with Crippen LogP contribution in [0.5, 0.6) is 0 Å². The molecule has 1 N–H and O–H groups in total. The zero-order valence-electron chi connectivity index (χ0n) is 12.6. The number of hydrogen-bond donors (Lipinski definition) is 1.